The van der Waals surface area contributed by atoms with E-state index in [0.717, 1.165) is 28.1 Å². The molecule has 1 aromatic heterocycles. The van der Waals surface area contributed by atoms with Crippen LogP contribution in [0.15, 0.2) is 78.9 Å². The number of ether oxygens (including phenoxy) is 1. The maximum Gasteiger partial charge on any atom is 0.322 e. The smallest absolute Gasteiger partial charge is 0.322 e. The summed E-state index contributed by atoms with van der Waals surface area (Å²) in [5.74, 6) is 0.862. The first-order valence-electron chi connectivity index (χ1n) is 12.5. The highest BCUT2D eigenvalue weighted by molar-refractivity contribution is 5.99. The van der Waals surface area contributed by atoms with Gasteiger partial charge in [0.1, 0.15) is 18.1 Å². The lowest BCUT2D eigenvalue weighted by Gasteiger charge is -2.26. The minimum atomic E-state index is -0.379. The molecule has 0 aliphatic rings. The first kappa shape index (κ1) is 26.5. The summed E-state index contributed by atoms with van der Waals surface area (Å²) in [5, 5.41) is 10.7. The molecule has 0 fully saturated rings. The van der Waals surface area contributed by atoms with Crippen LogP contribution in [0.5, 0.6) is 5.75 Å². The Bertz CT molecular complexity index is 1430. The summed E-state index contributed by atoms with van der Waals surface area (Å²) in [6.45, 7) is 7.53. The first-order chi connectivity index (χ1) is 18.3. The van der Waals surface area contributed by atoms with E-state index in [0.29, 0.717) is 17.3 Å². The van der Waals surface area contributed by atoms with Crippen LogP contribution in [0.25, 0.3) is 16.8 Å². The topological polar surface area (TPSA) is 88.5 Å². The number of hydrogen-bond donors (Lipinski definition) is 2. The van der Waals surface area contributed by atoms with E-state index in [1.165, 1.54) is 4.90 Å². The molecule has 38 heavy (non-hydrogen) atoms. The van der Waals surface area contributed by atoms with Gasteiger partial charge in [-0.3, -0.25) is 4.79 Å². The van der Waals surface area contributed by atoms with Gasteiger partial charge in [0.05, 0.1) is 18.5 Å². The Morgan fingerprint density at radius 1 is 0.947 bits per heavy atom. The number of hydrogen-bond acceptors (Lipinski definition) is 4. The molecule has 4 aromatic rings. The molecule has 1 heterocycles. The lowest BCUT2D eigenvalue weighted by Crippen LogP contribution is -2.44. The molecule has 0 atom stereocenters. The molecule has 0 saturated carbocycles. The molecule has 0 aliphatic heterocycles. The van der Waals surface area contributed by atoms with Crippen LogP contribution in [0.4, 0.5) is 16.3 Å². The van der Waals surface area contributed by atoms with Crippen LogP contribution in [0, 0.1) is 13.8 Å². The maximum atomic E-state index is 13.5. The number of nitrogens with zero attached hydrogens (tertiary/aromatic N) is 3. The second-order valence-corrected chi connectivity index (χ2v) is 9.31. The Labute approximate surface area is 223 Å². The standard InChI is InChI=1S/C30H33N5O3/c1-20(2)34(30(37)31-24-15-11-16-25(18-24)38-5)19-27(36)32-29-28(23-13-7-6-8-14-23)22(4)33-35(29)26-17-10-9-12-21(26)3/h6-18,20H,19H2,1-5H3,(H,31,37)(H,32,36). The molecular formula is C30H33N5O3. The molecule has 0 spiro atoms. The molecule has 2 N–H and O–H groups in total. The molecule has 0 radical (unpaired) electrons. The van der Waals surface area contributed by atoms with Crippen LogP contribution in [0.2, 0.25) is 0 Å². The minimum Gasteiger partial charge on any atom is -0.497 e. The molecule has 8 nitrogen and oxygen atoms in total. The largest absolute Gasteiger partial charge is 0.497 e. The van der Waals surface area contributed by atoms with Crippen molar-refractivity contribution in [2.75, 3.05) is 24.3 Å². The average molecular weight is 512 g/mol. The van der Waals surface area contributed by atoms with E-state index in [2.05, 4.69) is 10.6 Å². The molecule has 0 aliphatic carbocycles. The third-order valence-electron chi connectivity index (χ3n) is 6.24. The van der Waals surface area contributed by atoms with Gasteiger partial charge in [-0.25, -0.2) is 9.48 Å². The van der Waals surface area contributed by atoms with E-state index in [4.69, 9.17) is 9.84 Å². The molecule has 8 heteroatoms. The van der Waals surface area contributed by atoms with E-state index in [9.17, 15) is 9.59 Å². The third-order valence-corrected chi connectivity index (χ3v) is 6.24. The number of methoxy groups -OCH3 is 1. The normalized spacial score (nSPS) is 10.8. The number of rotatable bonds is 8. The van der Waals surface area contributed by atoms with E-state index >= 15 is 0 Å². The van der Waals surface area contributed by atoms with Crippen molar-refractivity contribution in [3.05, 3.63) is 90.1 Å². The van der Waals surface area contributed by atoms with Crippen molar-refractivity contribution in [2.24, 2.45) is 0 Å². The highest BCUT2D eigenvalue weighted by Crippen LogP contribution is 2.34. The molecule has 0 unspecified atom stereocenters. The van der Waals surface area contributed by atoms with Crippen molar-refractivity contribution in [3.63, 3.8) is 0 Å². The number of benzene rings is 3. The number of nitrogens with one attached hydrogen (secondary N) is 2. The quantitative estimate of drug-likeness (QED) is 0.302. The van der Waals surface area contributed by atoms with Gasteiger partial charge < -0.3 is 20.3 Å². The molecule has 196 valence electrons. The first-order valence-corrected chi connectivity index (χ1v) is 12.5. The number of carbonyl (C=O) groups is 2. The van der Waals surface area contributed by atoms with Gasteiger partial charge in [0.2, 0.25) is 5.91 Å². The number of anilines is 2. The second kappa shape index (κ2) is 11.6. The SMILES string of the molecule is COc1cccc(NC(=O)N(CC(=O)Nc2c(-c3ccccc3)c(C)nn2-c2ccccc2C)C(C)C)c1. The zero-order chi connectivity index (χ0) is 27.2. The van der Waals surface area contributed by atoms with Crippen LogP contribution in [-0.2, 0) is 4.79 Å². The number of urea groups is 1. The highest BCUT2D eigenvalue weighted by Gasteiger charge is 2.24. The predicted octanol–water partition coefficient (Wildman–Crippen LogP) is 6.05. The minimum absolute atomic E-state index is 0.139. The van der Waals surface area contributed by atoms with Gasteiger partial charge in [-0.1, -0.05) is 54.6 Å². The fraction of sp³-hybridized carbons (Fsp3) is 0.233. The van der Waals surface area contributed by atoms with Gasteiger partial charge in [0, 0.05) is 23.4 Å². The second-order valence-electron chi connectivity index (χ2n) is 9.31. The van der Waals surface area contributed by atoms with Crippen molar-refractivity contribution in [2.45, 2.75) is 33.7 Å². The van der Waals surface area contributed by atoms with Gasteiger partial charge in [0.15, 0.2) is 0 Å². The highest BCUT2D eigenvalue weighted by atomic mass is 16.5. The van der Waals surface area contributed by atoms with Crippen LogP contribution in [0.3, 0.4) is 0 Å². The Morgan fingerprint density at radius 3 is 2.34 bits per heavy atom. The Balaban J connectivity index is 1.63. The monoisotopic (exact) mass is 511 g/mol. The summed E-state index contributed by atoms with van der Waals surface area (Å²) in [6.07, 6.45) is 0. The van der Waals surface area contributed by atoms with Gasteiger partial charge in [-0.2, -0.15) is 5.10 Å². The maximum absolute atomic E-state index is 13.5. The molecule has 0 saturated heterocycles. The van der Waals surface area contributed by atoms with Crippen molar-refractivity contribution >= 4 is 23.4 Å². The van der Waals surface area contributed by atoms with Gasteiger partial charge in [0.25, 0.3) is 0 Å². The zero-order valence-electron chi connectivity index (χ0n) is 22.4. The van der Waals surface area contributed by atoms with Gasteiger partial charge in [-0.05, 0) is 57.0 Å². The number of carbonyl (C=O) groups excluding carboxylic acids is 2. The number of aromatic nitrogens is 2. The average Bonchev–Trinajstić information content (AvgIpc) is 3.22. The third kappa shape index (κ3) is 5.86. The molecule has 0 bridgehead atoms. The van der Waals surface area contributed by atoms with E-state index in [1.54, 1.807) is 36.1 Å². The Morgan fingerprint density at radius 2 is 1.66 bits per heavy atom. The van der Waals surface area contributed by atoms with E-state index in [-0.39, 0.29) is 24.5 Å². The lowest BCUT2D eigenvalue weighted by molar-refractivity contribution is -0.117. The summed E-state index contributed by atoms with van der Waals surface area (Å²) in [6, 6.07) is 24.2. The summed E-state index contributed by atoms with van der Waals surface area (Å²) in [7, 11) is 1.57. The molecule has 4 rings (SSSR count). The van der Waals surface area contributed by atoms with Gasteiger partial charge >= 0.3 is 6.03 Å². The Kier molecular flexibility index (Phi) is 8.11. The predicted molar refractivity (Wildman–Crippen MR) is 151 cm³/mol. The van der Waals surface area contributed by atoms with Crippen molar-refractivity contribution in [1.82, 2.24) is 14.7 Å². The fourth-order valence-electron chi connectivity index (χ4n) is 4.28. The van der Waals surface area contributed by atoms with E-state index < -0.39 is 0 Å². The van der Waals surface area contributed by atoms with Crippen LogP contribution in [-0.4, -0.2) is 46.3 Å². The summed E-state index contributed by atoms with van der Waals surface area (Å²) in [5.41, 5.74) is 5.03. The summed E-state index contributed by atoms with van der Waals surface area (Å²) in [4.78, 5) is 28.1. The number of amides is 3. The van der Waals surface area contributed by atoms with Crippen LogP contribution >= 0.6 is 0 Å². The lowest BCUT2D eigenvalue weighted by atomic mass is 10.1. The van der Waals surface area contributed by atoms with Crippen molar-refractivity contribution < 1.29 is 14.3 Å². The number of para-hydroxylation sites is 1. The molecule has 3 aromatic carbocycles. The molecule has 3 amide bonds. The summed E-state index contributed by atoms with van der Waals surface area (Å²) < 4.78 is 7.01. The van der Waals surface area contributed by atoms with Crippen LogP contribution < -0.4 is 15.4 Å². The van der Waals surface area contributed by atoms with Gasteiger partial charge in [-0.15, -0.1) is 0 Å². The van der Waals surface area contributed by atoms with E-state index in [1.807, 2.05) is 82.3 Å². The van der Waals surface area contributed by atoms with Crippen molar-refractivity contribution in [3.8, 4) is 22.6 Å². The van der Waals surface area contributed by atoms with Crippen LogP contribution in [0.1, 0.15) is 25.1 Å². The fourth-order valence-corrected chi connectivity index (χ4v) is 4.28. The number of aryl methyl sites for hydroxylation is 2. The summed E-state index contributed by atoms with van der Waals surface area (Å²) >= 11 is 0. The Hall–Kier alpha value is -4.59. The molecular weight excluding hydrogens is 478 g/mol. The van der Waals surface area contributed by atoms with Crippen molar-refractivity contribution in [1.29, 1.82) is 0 Å². The zero-order valence-corrected chi connectivity index (χ0v) is 22.4.